The highest BCUT2D eigenvalue weighted by Crippen LogP contribution is 2.24. The van der Waals surface area contributed by atoms with Gasteiger partial charge in [-0.1, -0.05) is 18.2 Å². The molecule has 0 radical (unpaired) electrons. The van der Waals surface area contributed by atoms with Crippen LogP contribution < -0.4 is 9.64 Å². The fourth-order valence-corrected chi connectivity index (χ4v) is 3.30. The van der Waals surface area contributed by atoms with Crippen molar-refractivity contribution < 1.29 is 18.3 Å². The number of hydrogen-bond donors (Lipinski definition) is 0. The van der Waals surface area contributed by atoms with Crippen molar-refractivity contribution in [1.82, 2.24) is 14.9 Å². The van der Waals surface area contributed by atoms with Crippen LogP contribution >= 0.6 is 0 Å². The van der Waals surface area contributed by atoms with E-state index in [-0.39, 0.29) is 11.5 Å². The first-order valence-corrected chi connectivity index (χ1v) is 9.57. The number of rotatable bonds is 4. The average molecular weight is 410 g/mol. The van der Waals surface area contributed by atoms with Crippen molar-refractivity contribution in [3.05, 3.63) is 77.6 Å². The summed E-state index contributed by atoms with van der Waals surface area (Å²) in [6, 6.07) is 14.3. The van der Waals surface area contributed by atoms with Crippen molar-refractivity contribution in [2.45, 2.75) is 6.92 Å². The van der Waals surface area contributed by atoms with Gasteiger partial charge in [-0.15, -0.1) is 0 Å². The normalized spacial score (nSPS) is 14.0. The molecule has 8 heteroatoms. The number of nitrogens with zero attached hydrogens (tertiary/aromatic N) is 4. The second-order valence-electron chi connectivity index (χ2n) is 6.93. The Morgan fingerprint density at radius 1 is 0.933 bits per heavy atom. The molecule has 0 bridgehead atoms. The first kappa shape index (κ1) is 19.8. The number of aryl methyl sites for hydroxylation is 1. The molecule has 1 aromatic heterocycles. The molecule has 0 unspecified atom stereocenters. The van der Waals surface area contributed by atoms with E-state index in [0.717, 1.165) is 12.1 Å². The van der Waals surface area contributed by atoms with E-state index >= 15 is 0 Å². The zero-order valence-electron chi connectivity index (χ0n) is 16.4. The number of aromatic nitrogens is 2. The minimum Gasteiger partial charge on any atom is -0.439 e. The second-order valence-corrected chi connectivity index (χ2v) is 6.93. The fraction of sp³-hybridized carbons (Fsp3) is 0.227. The summed E-state index contributed by atoms with van der Waals surface area (Å²) in [4.78, 5) is 25.1. The molecule has 0 saturated carbocycles. The Bertz CT molecular complexity index is 1050. The first-order chi connectivity index (χ1) is 14.5. The van der Waals surface area contributed by atoms with Crippen LogP contribution in [0.25, 0.3) is 0 Å². The zero-order chi connectivity index (χ0) is 21.1. The smallest absolute Gasteiger partial charge is 0.254 e. The Balaban J connectivity index is 1.43. The molecule has 1 aliphatic rings. The van der Waals surface area contributed by atoms with Crippen molar-refractivity contribution in [3.63, 3.8) is 0 Å². The van der Waals surface area contributed by atoms with Gasteiger partial charge in [0, 0.05) is 37.8 Å². The highest BCUT2D eigenvalue weighted by atomic mass is 19.2. The summed E-state index contributed by atoms with van der Waals surface area (Å²) < 4.78 is 32.4. The molecule has 30 heavy (non-hydrogen) atoms. The van der Waals surface area contributed by atoms with Gasteiger partial charge in [0.05, 0.1) is 0 Å². The number of carbonyl (C=O) groups is 1. The molecule has 0 atom stereocenters. The number of benzene rings is 2. The van der Waals surface area contributed by atoms with Crippen LogP contribution in [-0.4, -0.2) is 47.0 Å². The fourth-order valence-electron chi connectivity index (χ4n) is 3.30. The van der Waals surface area contributed by atoms with Crippen molar-refractivity contribution in [2.24, 2.45) is 0 Å². The lowest BCUT2D eigenvalue weighted by atomic mass is 10.1. The predicted octanol–water partition coefficient (Wildman–Crippen LogP) is 3.82. The number of halogens is 2. The van der Waals surface area contributed by atoms with Crippen LogP contribution in [0.1, 0.15) is 16.2 Å². The van der Waals surface area contributed by atoms with Crippen LogP contribution in [0, 0.1) is 18.6 Å². The van der Waals surface area contributed by atoms with Gasteiger partial charge in [-0.25, -0.2) is 13.8 Å². The quantitative estimate of drug-likeness (QED) is 0.655. The number of piperazine rings is 1. The van der Waals surface area contributed by atoms with Crippen molar-refractivity contribution in [2.75, 3.05) is 31.1 Å². The Morgan fingerprint density at radius 3 is 2.37 bits per heavy atom. The molecular weight excluding hydrogens is 390 g/mol. The summed E-state index contributed by atoms with van der Waals surface area (Å²) >= 11 is 0. The molecule has 1 amide bonds. The van der Waals surface area contributed by atoms with Crippen molar-refractivity contribution in [1.29, 1.82) is 0 Å². The van der Waals surface area contributed by atoms with Gasteiger partial charge >= 0.3 is 0 Å². The first-order valence-electron chi connectivity index (χ1n) is 9.57. The third kappa shape index (κ3) is 4.37. The minimum absolute atomic E-state index is 0.138. The van der Waals surface area contributed by atoms with Crippen LogP contribution in [0.5, 0.6) is 11.6 Å². The molecule has 4 rings (SSSR count). The van der Waals surface area contributed by atoms with Crippen LogP contribution in [-0.2, 0) is 0 Å². The van der Waals surface area contributed by atoms with Gasteiger partial charge in [0.25, 0.3) is 5.91 Å². The maximum absolute atomic E-state index is 13.4. The van der Waals surface area contributed by atoms with Gasteiger partial charge in [-0.05, 0) is 37.3 Å². The summed E-state index contributed by atoms with van der Waals surface area (Å²) in [5.41, 5.74) is 0.138. The third-order valence-electron chi connectivity index (χ3n) is 4.82. The zero-order valence-corrected chi connectivity index (χ0v) is 16.4. The molecule has 6 nitrogen and oxygen atoms in total. The summed E-state index contributed by atoms with van der Waals surface area (Å²) in [5.74, 6) is 0.117. The lowest BCUT2D eigenvalue weighted by Crippen LogP contribution is -2.49. The highest BCUT2D eigenvalue weighted by Gasteiger charge is 2.24. The largest absolute Gasteiger partial charge is 0.439 e. The van der Waals surface area contributed by atoms with E-state index in [0.29, 0.717) is 49.5 Å². The topological polar surface area (TPSA) is 58.6 Å². The van der Waals surface area contributed by atoms with E-state index in [2.05, 4.69) is 9.97 Å². The summed E-state index contributed by atoms with van der Waals surface area (Å²) in [6.07, 6.45) is 0. The molecule has 3 aromatic rings. The molecule has 1 fully saturated rings. The molecule has 0 N–H and O–H groups in total. The van der Waals surface area contributed by atoms with Gasteiger partial charge in [-0.2, -0.15) is 4.98 Å². The monoisotopic (exact) mass is 410 g/mol. The number of hydrogen-bond acceptors (Lipinski definition) is 5. The second kappa shape index (κ2) is 8.44. The number of ether oxygens (including phenoxy) is 1. The van der Waals surface area contributed by atoms with Crippen LogP contribution in [0.3, 0.4) is 0 Å². The van der Waals surface area contributed by atoms with E-state index in [1.807, 2.05) is 35.2 Å². The highest BCUT2D eigenvalue weighted by molar-refractivity contribution is 5.94. The Hall–Kier alpha value is -3.55. The van der Waals surface area contributed by atoms with Crippen molar-refractivity contribution >= 4 is 11.7 Å². The van der Waals surface area contributed by atoms with Crippen LogP contribution in [0.4, 0.5) is 14.6 Å². The summed E-state index contributed by atoms with van der Waals surface area (Å²) in [6.45, 7) is 3.78. The molecule has 2 aromatic carbocycles. The molecule has 1 saturated heterocycles. The molecular formula is C22H20F2N4O2. The average Bonchev–Trinajstić information content (AvgIpc) is 2.75. The maximum Gasteiger partial charge on any atom is 0.254 e. The van der Waals surface area contributed by atoms with Gasteiger partial charge in [0.2, 0.25) is 5.88 Å². The van der Waals surface area contributed by atoms with Gasteiger partial charge in [-0.3, -0.25) is 4.79 Å². The summed E-state index contributed by atoms with van der Waals surface area (Å²) in [7, 11) is 0. The van der Waals surface area contributed by atoms with Crippen molar-refractivity contribution in [3.8, 4) is 11.6 Å². The Kier molecular flexibility index (Phi) is 5.56. The van der Waals surface area contributed by atoms with Crippen LogP contribution in [0.2, 0.25) is 0 Å². The predicted molar refractivity (Wildman–Crippen MR) is 108 cm³/mol. The molecule has 0 aliphatic carbocycles. The number of carbonyl (C=O) groups excluding carboxylic acids is 1. The van der Waals surface area contributed by atoms with E-state index in [1.165, 1.54) is 6.07 Å². The van der Waals surface area contributed by atoms with E-state index < -0.39 is 11.6 Å². The molecule has 2 heterocycles. The third-order valence-corrected chi connectivity index (χ3v) is 4.82. The van der Waals surface area contributed by atoms with Crippen LogP contribution in [0.15, 0.2) is 54.6 Å². The lowest BCUT2D eigenvalue weighted by molar-refractivity contribution is 0.0746. The van der Waals surface area contributed by atoms with Gasteiger partial charge in [0.1, 0.15) is 17.4 Å². The molecule has 1 aliphatic heterocycles. The number of amides is 1. The SMILES string of the molecule is Cc1nc(Oc2ccccc2)cc(N2CCN(C(=O)c3ccc(F)c(F)c3)CC2)n1. The van der Waals surface area contributed by atoms with Gasteiger partial charge in [0.15, 0.2) is 11.6 Å². The van der Waals surface area contributed by atoms with E-state index in [1.54, 1.807) is 17.9 Å². The number of anilines is 1. The number of para-hydroxylation sites is 1. The Labute approximate surface area is 172 Å². The molecule has 0 spiro atoms. The minimum atomic E-state index is -1.03. The maximum atomic E-state index is 13.4. The Morgan fingerprint density at radius 2 is 1.67 bits per heavy atom. The molecule has 154 valence electrons. The standard InChI is InChI=1S/C22H20F2N4O2/c1-15-25-20(14-21(26-15)30-17-5-3-2-4-6-17)27-9-11-28(12-10-27)22(29)16-7-8-18(23)19(24)13-16/h2-8,13-14H,9-12H2,1H3. The summed E-state index contributed by atoms with van der Waals surface area (Å²) in [5, 5.41) is 0. The van der Waals surface area contributed by atoms with E-state index in [4.69, 9.17) is 4.74 Å². The lowest BCUT2D eigenvalue weighted by Gasteiger charge is -2.35. The van der Waals surface area contributed by atoms with Gasteiger partial charge < -0.3 is 14.5 Å². The van der Waals surface area contributed by atoms with E-state index in [9.17, 15) is 13.6 Å².